The first-order chi connectivity index (χ1) is 9.04. The fraction of sp³-hybridized carbons (Fsp3) is 0.750. The van der Waals surface area contributed by atoms with Crippen LogP contribution in [0.15, 0.2) is 0 Å². The van der Waals surface area contributed by atoms with Crippen LogP contribution in [0, 0.1) is 6.92 Å². The molecule has 108 valence electrons. The number of nitrogens with two attached hydrogens (primary N) is 1. The van der Waals surface area contributed by atoms with Gasteiger partial charge < -0.3 is 4.90 Å². The SMILES string of the molecule is Cc1nn(C)c(CC(NN)C2CSCCN2C)c1Cl. The molecule has 1 aliphatic heterocycles. The Balaban J connectivity index is 2.14. The number of nitrogens with zero attached hydrogens (tertiary/aromatic N) is 3. The summed E-state index contributed by atoms with van der Waals surface area (Å²) in [5.41, 5.74) is 4.88. The first-order valence-corrected chi connectivity index (χ1v) is 8.00. The van der Waals surface area contributed by atoms with Crippen LogP contribution in [-0.4, -0.2) is 51.9 Å². The Morgan fingerprint density at radius 1 is 1.58 bits per heavy atom. The number of rotatable bonds is 4. The minimum Gasteiger partial charge on any atom is -0.300 e. The van der Waals surface area contributed by atoms with Gasteiger partial charge in [0.1, 0.15) is 0 Å². The summed E-state index contributed by atoms with van der Waals surface area (Å²) in [4.78, 5) is 2.37. The largest absolute Gasteiger partial charge is 0.300 e. The smallest absolute Gasteiger partial charge is 0.0847 e. The van der Waals surface area contributed by atoms with Gasteiger partial charge >= 0.3 is 0 Å². The summed E-state index contributed by atoms with van der Waals surface area (Å²) in [7, 11) is 4.09. The van der Waals surface area contributed by atoms with Crippen molar-refractivity contribution in [2.45, 2.75) is 25.4 Å². The molecule has 0 bridgehead atoms. The Morgan fingerprint density at radius 2 is 2.32 bits per heavy atom. The van der Waals surface area contributed by atoms with Crippen LogP contribution in [0.3, 0.4) is 0 Å². The van der Waals surface area contributed by atoms with E-state index < -0.39 is 0 Å². The summed E-state index contributed by atoms with van der Waals surface area (Å²) in [6.45, 7) is 3.03. The molecule has 0 aliphatic carbocycles. The predicted molar refractivity (Wildman–Crippen MR) is 81.5 cm³/mol. The van der Waals surface area contributed by atoms with E-state index in [1.54, 1.807) is 0 Å². The lowest BCUT2D eigenvalue weighted by Gasteiger charge is -2.37. The molecule has 19 heavy (non-hydrogen) atoms. The third-order valence-electron chi connectivity index (χ3n) is 3.80. The molecule has 0 aromatic carbocycles. The highest BCUT2D eigenvalue weighted by Gasteiger charge is 2.29. The monoisotopic (exact) mass is 303 g/mol. The molecule has 1 fully saturated rings. The van der Waals surface area contributed by atoms with Crippen LogP contribution < -0.4 is 11.3 Å². The highest BCUT2D eigenvalue weighted by atomic mass is 35.5. The van der Waals surface area contributed by atoms with Crippen LogP contribution in [0.4, 0.5) is 0 Å². The summed E-state index contributed by atoms with van der Waals surface area (Å²) in [5, 5.41) is 5.12. The van der Waals surface area contributed by atoms with E-state index in [1.807, 2.05) is 30.4 Å². The Morgan fingerprint density at radius 3 is 2.84 bits per heavy atom. The van der Waals surface area contributed by atoms with Crippen LogP contribution in [0.2, 0.25) is 5.02 Å². The van der Waals surface area contributed by atoms with E-state index in [4.69, 9.17) is 17.4 Å². The number of hydrazine groups is 1. The molecular weight excluding hydrogens is 282 g/mol. The lowest BCUT2D eigenvalue weighted by atomic mass is 10.0. The van der Waals surface area contributed by atoms with Crippen molar-refractivity contribution in [3.63, 3.8) is 0 Å². The van der Waals surface area contributed by atoms with Crippen LogP contribution in [0.5, 0.6) is 0 Å². The van der Waals surface area contributed by atoms with Crippen molar-refractivity contribution < 1.29 is 0 Å². The van der Waals surface area contributed by atoms with Gasteiger partial charge in [0, 0.05) is 43.6 Å². The lowest BCUT2D eigenvalue weighted by Crippen LogP contribution is -2.55. The van der Waals surface area contributed by atoms with Crippen molar-refractivity contribution in [2.24, 2.45) is 12.9 Å². The number of aryl methyl sites for hydroxylation is 2. The second-order valence-electron chi connectivity index (χ2n) is 5.07. The first kappa shape index (κ1) is 15.1. The molecule has 1 aromatic rings. The minimum atomic E-state index is 0.185. The number of hydrogen-bond donors (Lipinski definition) is 2. The van der Waals surface area contributed by atoms with Gasteiger partial charge in [-0.25, -0.2) is 0 Å². The topological polar surface area (TPSA) is 59.1 Å². The highest BCUT2D eigenvalue weighted by Crippen LogP contribution is 2.24. The molecule has 2 atom stereocenters. The van der Waals surface area contributed by atoms with E-state index in [9.17, 15) is 0 Å². The molecule has 3 N–H and O–H groups in total. The standard InChI is InChI=1S/C12H22ClN5S/c1-8-12(13)10(18(3)16-8)6-9(15-14)11-7-19-5-4-17(11)2/h9,11,15H,4-7,14H2,1-3H3. The van der Waals surface area contributed by atoms with Gasteiger partial charge in [-0.3, -0.25) is 16.0 Å². The fourth-order valence-electron chi connectivity index (χ4n) is 2.55. The van der Waals surface area contributed by atoms with Crippen LogP contribution in [0.1, 0.15) is 11.4 Å². The molecule has 1 aromatic heterocycles. The number of halogens is 1. The zero-order valence-electron chi connectivity index (χ0n) is 11.7. The quantitative estimate of drug-likeness (QED) is 0.636. The summed E-state index contributed by atoms with van der Waals surface area (Å²) < 4.78 is 1.86. The Kier molecular flexibility index (Phi) is 5.14. The van der Waals surface area contributed by atoms with Crippen molar-refractivity contribution in [1.82, 2.24) is 20.1 Å². The molecule has 1 aliphatic rings. The van der Waals surface area contributed by atoms with Crippen molar-refractivity contribution >= 4 is 23.4 Å². The van der Waals surface area contributed by atoms with Crippen molar-refractivity contribution in [3.05, 3.63) is 16.4 Å². The molecule has 0 radical (unpaired) electrons. The van der Waals surface area contributed by atoms with E-state index in [0.717, 1.165) is 35.1 Å². The summed E-state index contributed by atoms with van der Waals surface area (Å²) in [6.07, 6.45) is 0.794. The second kappa shape index (κ2) is 6.45. The average Bonchev–Trinajstić information content (AvgIpc) is 2.63. The normalized spacial score (nSPS) is 22.7. The molecule has 0 spiro atoms. The maximum absolute atomic E-state index is 6.32. The van der Waals surface area contributed by atoms with E-state index in [0.29, 0.717) is 6.04 Å². The Bertz CT molecular complexity index is 436. The van der Waals surface area contributed by atoms with Crippen molar-refractivity contribution in [2.75, 3.05) is 25.1 Å². The van der Waals surface area contributed by atoms with Gasteiger partial charge in [0.05, 0.1) is 16.4 Å². The number of likely N-dealkylation sites (N-methyl/N-ethyl adjacent to an activating group) is 1. The molecule has 0 saturated carbocycles. The fourth-order valence-corrected chi connectivity index (χ4v) is 4.09. The second-order valence-corrected chi connectivity index (χ2v) is 6.60. The average molecular weight is 304 g/mol. The van der Waals surface area contributed by atoms with Crippen molar-refractivity contribution in [3.8, 4) is 0 Å². The van der Waals surface area contributed by atoms with Crippen LogP contribution in [0.25, 0.3) is 0 Å². The number of aromatic nitrogens is 2. The molecule has 0 amide bonds. The van der Waals surface area contributed by atoms with Gasteiger partial charge in [-0.05, 0) is 14.0 Å². The van der Waals surface area contributed by atoms with Gasteiger partial charge in [0.15, 0.2) is 0 Å². The van der Waals surface area contributed by atoms with Gasteiger partial charge in [-0.1, -0.05) is 11.6 Å². The third-order valence-corrected chi connectivity index (χ3v) is 5.34. The van der Waals surface area contributed by atoms with Gasteiger partial charge in [0.25, 0.3) is 0 Å². The van der Waals surface area contributed by atoms with E-state index in [1.165, 1.54) is 5.75 Å². The zero-order valence-corrected chi connectivity index (χ0v) is 13.3. The lowest BCUT2D eigenvalue weighted by molar-refractivity contribution is 0.213. The highest BCUT2D eigenvalue weighted by molar-refractivity contribution is 7.99. The molecule has 2 unspecified atom stereocenters. The van der Waals surface area contributed by atoms with E-state index >= 15 is 0 Å². The molecular formula is C12H22ClN5S. The molecule has 5 nitrogen and oxygen atoms in total. The van der Waals surface area contributed by atoms with Gasteiger partial charge in [-0.2, -0.15) is 16.9 Å². The van der Waals surface area contributed by atoms with E-state index in [-0.39, 0.29) is 6.04 Å². The summed E-state index contributed by atoms with van der Waals surface area (Å²) in [6, 6.07) is 0.611. The first-order valence-electron chi connectivity index (χ1n) is 6.46. The minimum absolute atomic E-state index is 0.185. The molecule has 2 heterocycles. The van der Waals surface area contributed by atoms with E-state index in [2.05, 4.69) is 22.5 Å². The van der Waals surface area contributed by atoms with Crippen LogP contribution in [-0.2, 0) is 13.5 Å². The Labute approximate surface area is 123 Å². The zero-order chi connectivity index (χ0) is 14.0. The van der Waals surface area contributed by atoms with Crippen molar-refractivity contribution in [1.29, 1.82) is 0 Å². The maximum Gasteiger partial charge on any atom is 0.0847 e. The van der Waals surface area contributed by atoms with Crippen LogP contribution >= 0.6 is 23.4 Å². The summed E-state index contributed by atoms with van der Waals surface area (Å²) in [5.74, 6) is 8.05. The predicted octanol–water partition coefficient (Wildman–Crippen LogP) is 0.804. The number of hydrogen-bond acceptors (Lipinski definition) is 5. The maximum atomic E-state index is 6.32. The van der Waals surface area contributed by atoms with Gasteiger partial charge in [0.2, 0.25) is 0 Å². The molecule has 7 heteroatoms. The summed E-state index contributed by atoms with van der Waals surface area (Å²) >= 11 is 8.30. The molecule has 2 rings (SSSR count). The molecule has 1 saturated heterocycles. The van der Waals surface area contributed by atoms with Gasteiger partial charge in [-0.15, -0.1) is 0 Å². The number of nitrogens with one attached hydrogen (secondary N) is 1. The third kappa shape index (κ3) is 3.25. The Hall–Kier alpha value is -0.270. The number of thioether (sulfide) groups is 1.